The molecule has 1 fully saturated rings. The zero-order valence-electron chi connectivity index (χ0n) is 12.4. The number of amides is 2. The second-order valence-corrected chi connectivity index (χ2v) is 5.56. The van der Waals surface area contributed by atoms with E-state index in [9.17, 15) is 9.59 Å². The Morgan fingerprint density at radius 3 is 2.38 bits per heavy atom. The predicted octanol–water partition coefficient (Wildman–Crippen LogP) is 2.74. The minimum absolute atomic E-state index is 0.0418. The lowest BCUT2D eigenvalue weighted by molar-refractivity contribution is -0.130. The standard InChI is InChI=1S/C17H22N2O2/c1-13-7-9-14(10-8-13)11-12-16(20)18-19-17(21)15-5-3-2-4-6-15/h7-12,15H,2-6H2,1H3,(H,18,20)(H,19,21)/b12-11+. The highest BCUT2D eigenvalue weighted by molar-refractivity contribution is 5.93. The molecule has 0 unspecified atom stereocenters. The molecule has 0 radical (unpaired) electrons. The number of hydrogen-bond acceptors (Lipinski definition) is 2. The highest BCUT2D eigenvalue weighted by Crippen LogP contribution is 2.23. The maximum absolute atomic E-state index is 11.9. The minimum Gasteiger partial charge on any atom is -0.273 e. The van der Waals surface area contributed by atoms with Gasteiger partial charge in [0.2, 0.25) is 5.91 Å². The van der Waals surface area contributed by atoms with Crippen LogP contribution in [0.4, 0.5) is 0 Å². The molecular formula is C17H22N2O2. The van der Waals surface area contributed by atoms with Crippen molar-refractivity contribution in [1.82, 2.24) is 10.9 Å². The zero-order chi connectivity index (χ0) is 15.1. The summed E-state index contributed by atoms with van der Waals surface area (Å²) < 4.78 is 0. The predicted molar refractivity (Wildman–Crippen MR) is 83.1 cm³/mol. The van der Waals surface area contributed by atoms with Crippen LogP contribution >= 0.6 is 0 Å². The van der Waals surface area contributed by atoms with Gasteiger partial charge in [-0.2, -0.15) is 0 Å². The summed E-state index contributed by atoms with van der Waals surface area (Å²) >= 11 is 0. The van der Waals surface area contributed by atoms with Gasteiger partial charge in [-0.15, -0.1) is 0 Å². The molecule has 1 aliphatic rings. The normalized spacial score (nSPS) is 15.9. The molecule has 21 heavy (non-hydrogen) atoms. The van der Waals surface area contributed by atoms with E-state index in [4.69, 9.17) is 0 Å². The Labute approximate surface area is 125 Å². The molecule has 2 amide bonds. The Kier molecular flexibility index (Phi) is 5.55. The number of rotatable bonds is 3. The smallest absolute Gasteiger partial charge is 0.262 e. The van der Waals surface area contributed by atoms with E-state index in [0.29, 0.717) is 0 Å². The highest BCUT2D eigenvalue weighted by Gasteiger charge is 2.20. The fourth-order valence-corrected chi connectivity index (χ4v) is 2.48. The number of hydrogen-bond donors (Lipinski definition) is 2. The van der Waals surface area contributed by atoms with Crippen LogP contribution in [0.3, 0.4) is 0 Å². The Morgan fingerprint density at radius 1 is 1.05 bits per heavy atom. The Hall–Kier alpha value is -2.10. The van der Waals surface area contributed by atoms with E-state index in [-0.39, 0.29) is 17.7 Å². The molecule has 0 bridgehead atoms. The van der Waals surface area contributed by atoms with Gasteiger partial charge in [0.1, 0.15) is 0 Å². The molecule has 2 N–H and O–H groups in total. The molecule has 1 aromatic rings. The molecule has 0 aliphatic heterocycles. The van der Waals surface area contributed by atoms with Crippen molar-refractivity contribution in [3.63, 3.8) is 0 Å². The Bertz CT molecular complexity index is 514. The van der Waals surface area contributed by atoms with Crippen molar-refractivity contribution in [2.24, 2.45) is 5.92 Å². The van der Waals surface area contributed by atoms with Crippen molar-refractivity contribution in [3.05, 3.63) is 41.5 Å². The van der Waals surface area contributed by atoms with Crippen LogP contribution in [0.15, 0.2) is 30.3 Å². The van der Waals surface area contributed by atoms with E-state index in [1.165, 1.54) is 18.1 Å². The molecule has 4 heteroatoms. The number of benzene rings is 1. The largest absolute Gasteiger partial charge is 0.273 e. The number of hydrazine groups is 1. The van der Waals surface area contributed by atoms with Gasteiger partial charge < -0.3 is 0 Å². The number of nitrogens with one attached hydrogen (secondary N) is 2. The third kappa shape index (κ3) is 5.06. The van der Waals surface area contributed by atoms with Gasteiger partial charge in [0.15, 0.2) is 0 Å². The molecule has 4 nitrogen and oxygen atoms in total. The third-order valence-corrected chi connectivity index (χ3v) is 3.79. The maximum Gasteiger partial charge on any atom is 0.262 e. The molecule has 0 saturated heterocycles. The van der Waals surface area contributed by atoms with Gasteiger partial charge >= 0.3 is 0 Å². The van der Waals surface area contributed by atoms with Crippen LogP contribution in [0.25, 0.3) is 6.08 Å². The summed E-state index contributed by atoms with van der Waals surface area (Å²) in [5.74, 6) is -0.355. The monoisotopic (exact) mass is 286 g/mol. The van der Waals surface area contributed by atoms with Gasteiger partial charge in [0.05, 0.1) is 0 Å². The number of carbonyl (C=O) groups excluding carboxylic acids is 2. The summed E-state index contributed by atoms with van der Waals surface area (Å²) in [5, 5.41) is 0. The first-order chi connectivity index (χ1) is 10.1. The van der Waals surface area contributed by atoms with Crippen LogP contribution in [0.2, 0.25) is 0 Å². The lowest BCUT2D eigenvalue weighted by Gasteiger charge is -2.20. The molecular weight excluding hydrogens is 264 g/mol. The van der Waals surface area contributed by atoms with Crippen LogP contribution in [0, 0.1) is 12.8 Å². The maximum atomic E-state index is 11.9. The highest BCUT2D eigenvalue weighted by atomic mass is 16.2. The molecule has 0 spiro atoms. The average Bonchev–Trinajstić information content (AvgIpc) is 2.53. The first kappa shape index (κ1) is 15.3. The van der Waals surface area contributed by atoms with Gasteiger partial charge in [-0.3, -0.25) is 20.4 Å². The van der Waals surface area contributed by atoms with Crippen molar-refractivity contribution in [2.45, 2.75) is 39.0 Å². The second kappa shape index (κ2) is 7.62. The average molecular weight is 286 g/mol. The van der Waals surface area contributed by atoms with Crippen molar-refractivity contribution in [3.8, 4) is 0 Å². The quantitative estimate of drug-likeness (QED) is 0.663. The topological polar surface area (TPSA) is 58.2 Å². The third-order valence-electron chi connectivity index (χ3n) is 3.79. The second-order valence-electron chi connectivity index (χ2n) is 5.56. The summed E-state index contributed by atoms with van der Waals surface area (Å²) in [6.07, 6.45) is 8.38. The molecule has 2 rings (SSSR count). The summed E-state index contributed by atoms with van der Waals surface area (Å²) in [4.78, 5) is 23.5. The van der Waals surface area contributed by atoms with Crippen molar-refractivity contribution >= 4 is 17.9 Å². The van der Waals surface area contributed by atoms with Gasteiger partial charge in [-0.1, -0.05) is 49.1 Å². The Balaban J connectivity index is 1.76. The van der Waals surface area contributed by atoms with E-state index in [1.54, 1.807) is 6.08 Å². The van der Waals surface area contributed by atoms with E-state index in [2.05, 4.69) is 10.9 Å². The molecule has 0 heterocycles. The van der Waals surface area contributed by atoms with Crippen LogP contribution < -0.4 is 10.9 Å². The molecule has 0 aromatic heterocycles. The summed E-state index contributed by atoms with van der Waals surface area (Å²) in [5.41, 5.74) is 7.07. The molecule has 1 aromatic carbocycles. The first-order valence-corrected chi connectivity index (χ1v) is 7.50. The number of aryl methyl sites for hydroxylation is 1. The van der Waals surface area contributed by atoms with E-state index >= 15 is 0 Å². The van der Waals surface area contributed by atoms with Gasteiger partial charge in [0.25, 0.3) is 5.91 Å². The van der Waals surface area contributed by atoms with E-state index in [1.807, 2.05) is 31.2 Å². The van der Waals surface area contributed by atoms with E-state index in [0.717, 1.165) is 31.2 Å². The molecule has 0 atom stereocenters. The zero-order valence-corrected chi connectivity index (χ0v) is 12.4. The van der Waals surface area contributed by atoms with E-state index < -0.39 is 0 Å². The lowest BCUT2D eigenvalue weighted by Crippen LogP contribution is -2.44. The van der Waals surface area contributed by atoms with Crippen LogP contribution in [-0.4, -0.2) is 11.8 Å². The fourth-order valence-electron chi connectivity index (χ4n) is 2.48. The van der Waals surface area contributed by atoms with Crippen LogP contribution in [0.5, 0.6) is 0 Å². The minimum atomic E-state index is -0.320. The Morgan fingerprint density at radius 2 is 1.71 bits per heavy atom. The SMILES string of the molecule is Cc1ccc(/C=C/C(=O)NNC(=O)C2CCCCC2)cc1. The van der Waals surface area contributed by atoms with Crippen LogP contribution in [-0.2, 0) is 9.59 Å². The van der Waals surface area contributed by atoms with Gasteiger partial charge in [0, 0.05) is 12.0 Å². The summed E-state index contributed by atoms with van der Waals surface area (Å²) in [6, 6.07) is 7.87. The lowest BCUT2D eigenvalue weighted by atomic mass is 9.89. The molecule has 1 saturated carbocycles. The number of carbonyl (C=O) groups is 2. The molecule has 1 aliphatic carbocycles. The summed E-state index contributed by atoms with van der Waals surface area (Å²) in [7, 11) is 0. The first-order valence-electron chi connectivity index (χ1n) is 7.50. The summed E-state index contributed by atoms with van der Waals surface area (Å²) in [6.45, 7) is 2.01. The van der Waals surface area contributed by atoms with Gasteiger partial charge in [-0.05, 0) is 31.4 Å². The van der Waals surface area contributed by atoms with Crippen molar-refractivity contribution in [1.29, 1.82) is 0 Å². The molecule has 112 valence electrons. The van der Waals surface area contributed by atoms with Gasteiger partial charge in [-0.25, -0.2) is 0 Å². The van der Waals surface area contributed by atoms with Crippen molar-refractivity contribution < 1.29 is 9.59 Å². The fraction of sp³-hybridized carbons (Fsp3) is 0.412. The van der Waals surface area contributed by atoms with Crippen LogP contribution in [0.1, 0.15) is 43.2 Å². The van der Waals surface area contributed by atoms with Crippen molar-refractivity contribution in [2.75, 3.05) is 0 Å².